The Morgan fingerprint density at radius 2 is 0.606 bits per heavy atom. The van der Waals surface area contributed by atoms with Gasteiger partial charge in [0.05, 0.1) is 0 Å². The van der Waals surface area contributed by atoms with Crippen LogP contribution in [-0.2, 0) is 28.6 Å². The highest BCUT2D eigenvalue weighted by molar-refractivity contribution is 5.71. The van der Waals surface area contributed by atoms with Crippen molar-refractivity contribution in [3.05, 3.63) is 72.9 Å². The van der Waals surface area contributed by atoms with Crippen molar-refractivity contribution in [1.29, 1.82) is 0 Å². The van der Waals surface area contributed by atoms with Gasteiger partial charge in [-0.2, -0.15) is 0 Å². The van der Waals surface area contributed by atoms with Crippen LogP contribution < -0.4 is 0 Å². The maximum absolute atomic E-state index is 12.8. The predicted molar refractivity (Wildman–Crippen MR) is 284 cm³/mol. The van der Waals surface area contributed by atoms with E-state index in [0.717, 1.165) is 77.0 Å². The fraction of sp³-hybridized carbons (Fsp3) is 0.750. The van der Waals surface area contributed by atoms with Crippen molar-refractivity contribution in [2.45, 2.75) is 277 Å². The molecule has 0 aromatic heterocycles. The van der Waals surface area contributed by atoms with Gasteiger partial charge in [-0.25, -0.2) is 0 Å². The van der Waals surface area contributed by atoms with Crippen molar-refractivity contribution < 1.29 is 28.6 Å². The molecular formula is C60H104O6. The molecule has 0 amide bonds. The Hall–Kier alpha value is -3.15. The lowest BCUT2D eigenvalue weighted by atomic mass is 10.0. The molecule has 0 saturated carbocycles. The Labute approximate surface area is 408 Å². The van der Waals surface area contributed by atoms with Gasteiger partial charge in [0.15, 0.2) is 6.10 Å². The van der Waals surface area contributed by atoms with E-state index in [-0.39, 0.29) is 44.0 Å². The molecule has 0 heterocycles. The lowest BCUT2D eigenvalue weighted by molar-refractivity contribution is -0.167. The van der Waals surface area contributed by atoms with E-state index < -0.39 is 6.10 Å². The van der Waals surface area contributed by atoms with E-state index in [4.69, 9.17) is 14.2 Å². The zero-order chi connectivity index (χ0) is 47.9. The summed E-state index contributed by atoms with van der Waals surface area (Å²) in [6, 6.07) is 0. The van der Waals surface area contributed by atoms with Crippen molar-refractivity contribution in [2.75, 3.05) is 13.2 Å². The highest BCUT2D eigenvalue weighted by atomic mass is 16.6. The molecule has 0 aromatic rings. The van der Waals surface area contributed by atoms with E-state index in [2.05, 4.69) is 93.7 Å². The van der Waals surface area contributed by atoms with Crippen molar-refractivity contribution in [2.24, 2.45) is 0 Å². The smallest absolute Gasteiger partial charge is 0.306 e. The molecule has 380 valence electrons. The SMILES string of the molecule is CCCCC/C=C\C/C=C\C/C=C\C/C=C\CCCC(=O)OCC(COC(=O)CCCCCCCCCCCCCCCCC)OC(=O)CCCCC/C=C\C=C/CCCCCCCCC. The van der Waals surface area contributed by atoms with Crippen LogP contribution in [0.2, 0.25) is 0 Å². The zero-order valence-electron chi connectivity index (χ0n) is 43.4. The molecule has 0 rings (SSSR count). The van der Waals surface area contributed by atoms with Crippen molar-refractivity contribution in [3.8, 4) is 0 Å². The lowest BCUT2D eigenvalue weighted by Crippen LogP contribution is -2.30. The number of carbonyl (C=O) groups is 3. The summed E-state index contributed by atoms with van der Waals surface area (Å²) in [6.07, 6.45) is 68.9. The molecule has 0 radical (unpaired) electrons. The lowest BCUT2D eigenvalue weighted by Gasteiger charge is -2.18. The second-order valence-electron chi connectivity index (χ2n) is 18.5. The van der Waals surface area contributed by atoms with Crippen LogP contribution in [-0.4, -0.2) is 37.2 Å². The molecule has 1 unspecified atom stereocenters. The first-order valence-electron chi connectivity index (χ1n) is 28.0. The summed E-state index contributed by atoms with van der Waals surface area (Å²) in [6.45, 7) is 6.55. The minimum atomic E-state index is -0.809. The van der Waals surface area contributed by atoms with E-state index in [1.54, 1.807) is 0 Å². The van der Waals surface area contributed by atoms with E-state index in [1.807, 2.05) is 0 Å². The Morgan fingerprint density at radius 1 is 0.318 bits per heavy atom. The van der Waals surface area contributed by atoms with Crippen LogP contribution in [0.15, 0.2) is 72.9 Å². The summed E-state index contributed by atoms with van der Waals surface area (Å²) < 4.78 is 16.8. The fourth-order valence-electron chi connectivity index (χ4n) is 7.72. The third-order valence-corrected chi connectivity index (χ3v) is 12.0. The Balaban J connectivity index is 4.50. The highest BCUT2D eigenvalue weighted by Crippen LogP contribution is 2.15. The summed E-state index contributed by atoms with van der Waals surface area (Å²) in [5, 5.41) is 0. The molecule has 0 aliphatic rings. The van der Waals surface area contributed by atoms with Crippen molar-refractivity contribution in [3.63, 3.8) is 0 Å². The second-order valence-corrected chi connectivity index (χ2v) is 18.5. The zero-order valence-corrected chi connectivity index (χ0v) is 43.4. The number of hydrogen-bond acceptors (Lipinski definition) is 6. The van der Waals surface area contributed by atoms with Gasteiger partial charge in [-0.3, -0.25) is 14.4 Å². The van der Waals surface area contributed by atoms with Crippen LogP contribution in [0, 0.1) is 0 Å². The normalized spacial score (nSPS) is 12.6. The molecule has 0 bridgehead atoms. The minimum Gasteiger partial charge on any atom is -0.462 e. The van der Waals surface area contributed by atoms with Crippen LogP contribution in [0.4, 0.5) is 0 Å². The second kappa shape index (κ2) is 54.5. The Morgan fingerprint density at radius 3 is 1.05 bits per heavy atom. The summed E-state index contributed by atoms with van der Waals surface area (Å²) in [4.78, 5) is 38.1. The molecule has 0 N–H and O–H groups in total. The minimum absolute atomic E-state index is 0.101. The molecule has 66 heavy (non-hydrogen) atoms. The van der Waals surface area contributed by atoms with Gasteiger partial charge in [-0.05, 0) is 83.5 Å². The van der Waals surface area contributed by atoms with Crippen molar-refractivity contribution >= 4 is 17.9 Å². The standard InChI is InChI=1S/C60H104O6/c1-4-7-10-13-16-19-22-25-28-30-33-35-38-41-44-47-50-53-59(62)65-56-57(55-64-58(61)52-49-46-43-40-37-34-31-27-24-21-18-15-12-9-6-3)66-60(63)54-51-48-45-42-39-36-32-29-26-23-20-17-14-11-8-5-2/h16,19,25,28-29,32-33,35-36,39,41,44,57H,4-15,17-18,20-24,26-27,30-31,34,37-38,40,42-43,45-56H2,1-3H3/b19-16-,28-25-,32-29-,35-33-,39-36-,44-41-. The molecular weight excluding hydrogens is 817 g/mol. The van der Waals surface area contributed by atoms with E-state index in [9.17, 15) is 14.4 Å². The number of rotatable bonds is 50. The number of ether oxygens (including phenoxy) is 3. The van der Waals surface area contributed by atoms with Gasteiger partial charge in [-0.15, -0.1) is 0 Å². The predicted octanol–water partition coefficient (Wildman–Crippen LogP) is 18.6. The van der Waals surface area contributed by atoms with Gasteiger partial charge in [0.1, 0.15) is 13.2 Å². The van der Waals surface area contributed by atoms with Crippen LogP contribution in [0.5, 0.6) is 0 Å². The number of esters is 3. The first kappa shape index (κ1) is 62.8. The summed E-state index contributed by atoms with van der Waals surface area (Å²) in [5.74, 6) is -0.979. The van der Waals surface area contributed by atoms with E-state index in [0.29, 0.717) is 12.8 Å². The third kappa shape index (κ3) is 51.8. The van der Waals surface area contributed by atoms with Crippen LogP contribution >= 0.6 is 0 Å². The molecule has 0 saturated heterocycles. The van der Waals surface area contributed by atoms with Crippen LogP contribution in [0.25, 0.3) is 0 Å². The largest absolute Gasteiger partial charge is 0.462 e. The average Bonchev–Trinajstić information content (AvgIpc) is 3.31. The topological polar surface area (TPSA) is 78.9 Å². The molecule has 0 fully saturated rings. The Kier molecular flexibility index (Phi) is 51.9. The Bertz CT molecular complexity index is 1240. The molecule has 6 heteroatoms. The summed E-state index contributed by atoms with van der Waals surface area (Å²) in [7, 11) is 0. The van der Waals surface area contributed by atoms with Gasteiger partial charge < -0.3 is 14.2 Å². The maximum atomic E-state index is 12.8. The van der Waals surface area contributed by atoms with Gasteiger partial charge in [-0.1, -0.05) is 241 Å². The number of hydrogen-bond donors (Lipinski definition) is 0. The molecule has 1 atom stereocenters. The van der Waals surface area contributed by atoms with Gasteiger partial charge in [0, 0.05) is 19.3 Å². The number of carbonyl (C=O) groups excluding carboxylic acids is 3. The molecule has 0 spiro atoms. The molecule has 0 aliphatic heterocycles. The fourth-order valence-corrected chi connectivity index (χ4v) is 7.72. The number of unbranched alkanes of at least 4 members (excludes halogenated alkanes) is 28. The van der Waals surface area contributed by atoms with Gasteiger partial charge in [0.25, 0.3) is 0 Å². The van der Waals surface area contributed by atoms with Crippen LogP contribution in [0.3, 0.4) is 0 Å². The third-order valence-electron chi connectivity index (χ3n) is 12.0. The molecule has 6 nitrogen and oxygen atoms in total. The highest BCUT2D eigenvalue weighted by Gasteiger charge is 2.19. The molecule has 0 aromatic carbocycles. The number of allylic oxidation sites excluding steroid dienone is 12. The maximum Gasteiger partial charge on any atom is 0.306 e. The first-order valence-corrected chi connectivity index (χ1v) is 28.0. The first-order chi connectivity index (χ1) is 32.5. The van der Waals surface area contributed by atoms with E-state index in [1.165, 1.54) is 148 Å². The van der Waals surface area contributed by atoms with Crippen molar-refractivity contribution in [1.82, 2.24) is 0 Å². The van der Waals surface area contributed by atoms with E-state index >= 15 is 0 Å². The monoisotopic (exact) mass is 921 g/mol. The summed E-state index contributed by atoms with van der Waals surface area (Å²) >= 11 is 0. The van der Waals surface area contributed by atoms with Gasteiger partial charge >= 0.3 is 17.9 Å². The average molecular weight is 921 g/mol. The van der Waals surface area contributed by atoms with Crippen LogP contribution in [0.1, 0.15) is 271 Å². The van der Waals surface area contributed by atoms with Gasteiger partial charge in [0.2, 0.25) is 0 Å². The summed E-state index contributed by atoms with van der Waals surface area (Å²) in [5.41, 5.74) is 0. The molecule has 0 aliphatic carbocycles. The quantitative estimate of drug-likeness (QED) is 0.0199.